The first-order valence-corrected chi connectivity index (χ1v) is 4.52. The highest BCUT2D eigenvalue weighted by atomic mass is 16.6. The van der Waals surface area contributed by atoms with E-state index in [0.717, 1.165) is 12.1 Å². The minimum atomic E-state index is -1.15. The summed E-state index contributed by atoms with van der Waals surface area (Å²) in [6.45, 7) is 0. The molecule has 0 heterocycles. The first-order valence-electron chi connectivity index (χ1n) is 4.52. The van der Waals surface area contributed by atoms with E-state index in [1.54, 1.807) is 0 Å². The van der Waals surface area contributed by atoms with Crippen LogP contribution in [-0.4, -0.2) is 29.4 Å². The summed E-state index contributed by atoms with van der Waals surface area (Å²) >= 11 is 0. The van der Waals surface area contributed by atoms with Crippen LogP contribution in [0.1, 0.15) is 15.9 Å². The number of carboxylic acid groups (broad SMARTS) is 1. The Morgan fingerprint density at radius 3 is 2.65 bits per heavy atom. The molecular weight excluding hydrogens is 230 g/mol. The second-order valence-corrected chi connectivity index (χ2v) is 3.16. The van der Waals surface area contributed by atoms with E-state index in [9.17, 15) is 19.7 Å². The van der Waals surface area contributed by atoms with E-state index in [4.69, 9.17) is 9.84 Å². The number of aliphatic carboxylic acids is 1. The fourth-order valence-electron chi connectivity index (χ4n) is 1.38. The second kappa shape index (κ2) is 5.06. The van der Waals surface area contributed by atoms with Crippen molar-refractivity contribution in [2.45, 2.75) is 6.42 Å². The van der Waals surface area contributed by atoms with Crippen LogP contribution in [0.15, 0.2) is 12.1 Å². The predicted molar refractivity (Wildman–Crippen MR) is 56.4 cm³/mol. The topological polar surface area (TPSA) is 107 Å². The summed E-state index contributed by atoms with van der Waals surface area (Å²) in [7, 11) is 1.25. The molecule has 7 nitrogen and oxygen atoms in total. The molecule has 7 heteroatoms. The number of carboxylic acids is 1. The van der Waals surface area contributed by atoms with Crippen molar-refractivity contribution in [1.82, 2.24) is 0 Å². The lowest BCUT2D eigenvalue weighted by molar-refractivity contribution is -0.385. The van der Waals surface area contributed by atoms with Crippen LogP contribution in [0.25, 0.3) is 0 Å². The van der Waals surface area contributed by atoms with Gasteiger partial charge in [0.25, 0.3) is 5.69 Å². The van der Waals surface area contributed by atoms with Gasteiger partial charge in [0.2, 0.25) is 0 Å². The summed E-state index contributed by atoms with van der Waals surface area (Å²) in [6.07, 6.45) is -0.0664. The summed E-state index contributed by atoms with van der Waals surface area (Å²) < 4.78 is 4.85. The monoisotopic (exact) mass is 239 g/mol. The van der Waals surface area contributed by atoms with E-state index < -0.39 is 17.3 Å². The molecule has 17 heavy (non-hydrogen) atoms. The van der Waals surface area contributed by atoms with Gasteiger partial charge in [-0.25, -0.2) is 0 Å². The molecule has 0 spiro atoms. The Labute approximate surface area is 95.8 Å². The van der Waals surface area contributed by atoms with Gasteiger partial charge in [0.1, 0.15) is 5.75 Å². The number of benzene rings is 1. The number of methoxy groups -OCH3 is 1. The Kier molecular flexibility index (Phi) is 3.76. The smallest absolute Gasteiger partial charge is 0.307 e. The van der Waals surface area contributed by atoms with Crippen molar-refractivity contribution in [3.05, 3.63) is 33.4 Å². The fourth-order valence-corrected chi connectivity index (χ4v) is 1.38. The lowest BCUT2D eigenvalue weighted by Gasteiger charge is -2.08. The van der Waals surface area contributed by atoms with Crippen molar-refractivity contribution >= 4 is 17.9 Å². The highest BCUT2D eigenvalue weighted by Gasteiger charge is 2.18. The zero-order valence-electron chi connectivity index (χ0n) is 8.87. The van der Waals surface area contributed by atoms with E-state index in [1.165, 1.54) is 7.11 Å². The number of carbonyl (C=O) groups is 2. The molecule has 0 saturated carbocycles. The van der Waals surface area contributed by atoms with Gasteiger partial charge in [-0.2, -0.15) is 0 Å². The summed E-state index contributed by atoms with van der Waals surface area (Å²) in [4.78, 5) is 31.3. The number of ether oxygens (including phenoxy) is 1. The van der Waals surface area contributed by atoms with Crippen molar-refractivity contribution in [3.8, 4) is 5.75 Å². The van der Waals surface area contributed by atoms with Gasteiger partial charge in [-0.1, -0.05) is 0 Å². The number of non-ortho nitro benzene ring substituents is 1. The second-order valence-electron chi connectivity index (χ2n) is 3.16. The highest BCUT2D eigenvalue weighted by Crippen LogP contribution is 2.28. The average Bonchev–Trinajstić information content (AvgIpc) is 2.28. The maximum Gasteiger partial charge on any atom is 0.307 e. The number of carbonyl (C=O) groups excluding carboxylic acids is 1. The van der Waals surface area contributed by atoms with E-state index in [0.29, 0.717) is 6.29 Å². The maximum absolute atomic E-state index is 10.8. The van der Waals surface area contributed by atoms with Crippen molar-refractivity contribution in [2.24, 2.45) is 0 Å². The van der Waals surface area contributed by atoms with Crippen LogP contribution < -0.4 is 4.74 Å². The van der Waals surface area contributed by atoms with Gasteiger partial charge >= 0.3 is 5.97 Å². The third-order valence-electron chi connectivity index (χ3n) is 2.11. The van der Waals surface area contributed by atoms with Crippen LogP contribution in [0.4, 0.5) is 5.69 Å². The number of nitrogens with zero attached hydrogens (tertiary/aromatic N) is 1. The molecule has 0 fully saturated rings. The van der Waals surface area contributed by atoms with Crippen LogP contribution in [0.2, 0.25) is 0 Å². The Morgan fingerprint density at radius 2 is 2.24 bits per heavy atom. The highest BCUT2D eigenvalue weighted by molar-refractivity contribution is 5.84. The first kappa shape index (κ1) is 12.6. The Morgan fingerprint density at radius 1 is 1.59 bits per heavy atom. The SMILES string of the molecule is COc1cc([N+](=O)[O-])cc(C=O)c1CC(=O)O. The molecule has 0 aliphatic carbocycles. The molecule has 0 aliphatic rings. The van der Waals surface area contributed by atoms with E-state index in [1.807, 2.05) is 0 Å². The van der Waals surface area contributed by atoms with Crippen LogP contribution in [-0.2, 0) is 11.2 Å². The molecule has 1 N–H and O–H groups in total. The molecule has 0 aliphatic heterocycles. The normalized spacial score (nSPS) is 9.71. The number of rotatable bonds is 5. The summed E-state index contributed by atoms with van der Waals surface area (Å²) in [5.74, 6) is -1.14. The molecule has 0 amide bonds. The molecule has 0 bridgehead atoms. The Hall–Kier alpha value is -2.44. The quantitative estimate of drug-likeness (QED) is 0.467. The minimum Gasteiger partial charge on any atom is -0.496 e. The standard InChI is InChI=1S/C10H9NO6/c1-17-9-3-7(11(15)16)2-6(5-12)8(9)4-10(13)14/h2-3,5H,4H2,1H3,(H,13,14). The van der Waals surface area contributed by atoms with Crippen LogP contribution >= 0.6 is 0 Å². The van der Waals surface area contributed by atoms with Gasteiger partial charge in [-0.3, -0.25) is 19.7 Å². The number of hydrogen-bond acceptors (Lipinski definition) is 5. The number of hydrogen-bond donors (Lipinski definition) is 1. The molecule has 1 aromatic rings. The molecule has 0 aromatic heterocycles. The number of aldehydes is 1. The summed E-state index contributed by atoms with van der Waals surface area (Å²) in [6, 6.07) is 2.11. The fraction of sp³-hybridized carbons (Fsp3) is 0.200. The van der Waals surface area contributed by atoms with Crippen LogP contribution in [0.5, 0.6) is 5.75 Å². The van der Waals surface area contributed by atoms with E-state index >= 15 is 0 Å². The average molecular weight is 239 g/mol. The summed E-state index contributed by atoms with van der Waals surface area (Å²) in [5.41, 5.74) is -0.253. The van der Waals surface area contributed by atoms with E-state index in [-0.39, 0.29) is 22.6 Å². The lowest BCUT2D eigenvalue weighted by Crippen LogP contribution is -2.06. The number of nitro benzene ring substituents is 1. The van der Waals surface area contributed by atoms with Gasteiger partial charge in [-0.05, 0) is 0 Å². The Balaban J connectivity index is 3.40. The third-order valence-corrected chi connectivity index (χ3v) is 2.11. The van der Waals surface area contributed by atoms with Crippen LogP contribution in [0.3, 0.4) is 0 Å². The maximum atomic E-state index is 10.8. The minimum absolute atomic E-state index is 0.0173. The largest absolute Gasteiger partial charge is 0.496 e. The van der Waals surface area contributed by atoms with Gasteiger partial charge in [0.15, 0.2) is 6.29 Å². The van der Waals surface area contributed by atoms with E-state index in [2.05, 4.69) is 0 Å². The molecule has 0 saturated heterocycles. The van der Waals surface area contributed by atoms with Crippen molar-refractivity contribution < 1.29 is 24.4 Å². The molecule has 1 aromatic carbocycles. The van der Waals surface area contributed by atoms with Gasteiger partial charge in [-0.15, -0.1) is 0 Å². The lowest BCUT2D eigenvalue weighted by atomic mass is 10.0. The molecule has 90 valence electrons. The third kappa shape index (κ3) is 2.77. The first-order chi connectivity index (χ1) is 7.99. The Bertz CT molecular complexity index is 482. The predicted octanol–water partition coefficient (Wildman–Crippen LogP) is 1.04. The number of nitro groups is 1. The summed E-state index contributed by atoms with van der Waals surface area (Å²) in [5, 5.41) is 19.3. The zero-order chi connectivity index (χ0) is 13.0. The zero-order valence-corrected chi connectivity index (χ0v) is 8.87. The van der Waals surface area contributed by atoms with Crippen molar-refractivity contribution in [1.29, 1.82) is 0 Å². The van der Waals surface area contributed by atoms with Gasteiger partial charge in [0, 0.05) is 17.2 Å². The van der Waals surface area contributed by atoms with Gasteiger partial charge in [0.05, 0.1) is 24.5 Å². The molecular formula is C10H9NO6. The molecule has 0 radical (unpaired) electrons. The molecule has 1 rings (SSSR count). The van der Waals surface area contributed by atoms with Crippen LogP contribution in [0, 0.1) is 10.1 Å². The van der Waals surface area contributed by atoms with Crippen molar-refractivity contribution in [3.63, 3.8) is 0 Å². The molecule has 0 unspecified atom stereocenters. The molecule has 0 atom stereocenters. The van der Waals surface area contributed by atoms with Crippen molar-refractivity contribution in [2.75, 3.05) is 7.11 Å². The van der Waals surface area contributed by atoms with Gasteiger partial charge < -0.3 is 9.84 Å².